The molecular formula is C25H25N3O4S. The van der Waals surface area contributed by atoms with Gasteiger partial charge in [-0.1, -0.05) is 18.2 Å². The highest BCUT2D eigenvalue weighted by Crippen LogP contribution is 2.42. The number of ether oxygens (including phenoxy) is 2. The molecule has 0 spiro atoms. The van der Waals surface area contributed by atoms with Crippen LogP contribution in [0.3, 0.4) is 0 Å². The molecule has 7 nitrogen and oxygen atoms in total. The Balaban J connectivity index is 1.49. The van der Waals surface area contributed by atoms with Gasteiger partial charge in [0.1, 0.15) is 6.54 Å². The lowest BCUT2D eigenvalue weighted by Gasteiger charge is -2.38. The van der Waals surface area contributed by atoms with Crippen LogP contribution in [0.15, 0.2) is 53.9 Å². The van der Waals surface area contributed by atoms with Crippen LogP contribution in [0.1, 0.15) is 22.0 Å². The number of hydrogen-bond acceptors (Lipinski definition) is 6. The van der Waals surface area contributed by atoms with E-state index in [4.69, 9.17) is 9.47 Å². The number of carbonyl (C=O) groups excluding carboxylic acids is 2. The van der Waals surface area contributed by atoms with Gasteiger partial charge in [-0.05, 0) is 53.3 Å². The Kier molecular flexibility index (Phi) is 5.78. The summed E-state index contributed by atoms with van der Waals surface area (Å²) in [6.07, 6.45) is 0.794. The Morgan fingerprint density at radius 2 is 1.91 bits per heavy atom. The van der Waals surface area contributed by atoms with Gasteiger partial charge in [0.05, 0.1) is 38.2 Å². The van der Waals surface area contributed by atoms with Crippen molar-refractivity contribution in [1.29, 1.82) is 0 Å². The molecule has 2 amide bonds. The van der Waals surface area contributed by atoms with Gasteiger partial charge in [-0.2, -0.15) is 0 Å². The Hall–Kier alpha value is -3.36. The van der Waals surface area contributed by atoms with Crippen molar-refractivity contribution in [2.75, 3.05) is 44.1 Å². The van der Waals surface area contributed by atoms with Gasteiger partial charge < -0.3 is 14.8 Å². The molecule has 1 N–H and O–H groups in total. The number of thiophene rings is 1. The van der Waals surface area contributed by atoms with Crippen LogP contribution in [0.5, 0.6) is 11.5 Å². The van der Waals surface area contributed by atoms with E-state index in [-0.39, 0.29) is 30.9 Å². The van der Waals surface area contributed by atoms with Crippen molar-refractivity contribution in [2.24, 2.45) is 0 Å². The molecule has 0 fully saturated rings. The minimum absolute atomic E-state index is 0.0228. The van der Waals surface area contributed by atoms with Crippen molar-refractivity contribution in [3.05, 3.63) is 69.9 Å². The highest BCUT2D eigenvalue weighted by atomic mass is 32.1. The minimum Gasteiger partial charge on any atom is -0.493 e. The molecule has 0 bridgehead atoms. The molecule has 33 heavy (non-hydrogen) atoms. The van der Waals surface area contributed by atoms with Gasteiger partial charge in [-0.15, -0.1) is 11.3 Å². The van der Waals surface area contributed by atoms with Crippen LogP contribution in [-0.2, 0) is 16.0 Å². The van der Waals surface area contributed by atoms with E-state index in [0.29, 0.717) is 17.2 Å². The first-order chi connectivity index (χ1) is 16.1. The number of fused-ring (bicyclic) bond motifs is 2. The molecular weight excluding hydrogens is 438 g/mol. The molecule has 2 aliphatic rings. The third kappa shape index (κ3) is 3.96. The summed E-state index contributed by atoms with van der Waals surface area (Å²) in [5, 5.41) is 4.90. The van der Waals surface area contributed by atoms with E-state index in [1.165, 1.54) is 5.56 Å². The van der Waals surface area contributed by atoms with Crippen molar-refractivity contribution in [3.63, 3.8) is 0 Å². The number of hydrogen-bond donors (Lipinski definition) is 1. The molecule has 3 aromatic rings. The number of amides is 2. The van der Waals surface area contributed by atoms with Crippen LogP contribution in [0.25, 0.3) is 0 Å². The lowest BCUT2D eigenvalue weighted by molar-refractivity contribution is -0.123. The maximum absolute atomic E-state index is 13.5. The fourth-order valence-corrected chi connectivity index (χ4v) is 5.54. The molecule has 1 aromatic heterocycles. The molecule has 2 aromatic carbocycles. The SMILES string of the molecule is COc1cc2c(cc1OC)[C@@H](c1cccs1)N(CC(=O)N1CC(=O)Nc3ccccc31)CC2. The van der Waals surface area contributed by atoms with Crippen molar-refractivity contribution >= 4 is 34.5 Å². The number of rotatable bonds is 5. The van der Waals surface area contributed by atoms with Gasteiger partial charge in [-0.3, -0.25) is 19.4 Å². The van der Waals surface area contributed by atoms with Crippen LogP contribution in [0, 0.1) is 0 Å². The van der Waals surface area contributed by atoms with E-state index in [0.717, 1.165) is 29.1 Å². The Labute approximate surface area is 196 Å². The normalized spacial score (nSPS) is 17.7. The lowest BCUT2D eigenvalue weighted by Crippen LogP contribution is -2.48. The highest BCUT2D eigenvalue weighted by Gasteiger charge is 2.34. The van der Waals surface area contributed by atoms with E-state index in [1.807, 2.05) is 42.5 Å². The minimum atomic E-state index is -0.183. The predicted octanol–water partition coefficient (Wildman–Crippen LogP) is 3.70. The number of benzene rings is 2. The van der Waals surface area contributed by atoms with Crippen LogP contribution in [0.4, 0.5) is 11.4 Å². The van der Waals surface area contributed by atoms with E-state index in [1.54, 1.807) is 30.5 Å². The number of anilines is 2. The Bertz CT molecular complexity index is 1190. The van der Waals surface area contributed by atoms with Gasteiger partial charge in [-0.25, -0.2) is 0 Å². The summed E-state index contributed by atoms with van der Waals surface area (Å²) in [5.41, 5.74) is 3.71. The molecule has 1 atom stereocenters. The zero-order valence-electron chi connectivity index (χ0n) is 18.5. The average Bonchev–Trinajstić information content (AvgIpc) is 3.36. The summed E-state index contributed by atoms with van der Waals surface area (Å²) in [6, 6.07) is 15.5. The third-order valence-corrected chi connectivity index (χ3v) is 7.12. The second kappa shape index (κ2) is 8.88. The Morgan fingerprint density at radius 1 is 1.12 bits per heavy atom. The summed E-state index contributed by atoms with van der Waals surface area (Å²) in [7, 11) is 3.27. The molecule has 170 valence electrons. The zero-order chi connectivity index (χ0) is 22.9. The lowest BCUT2D eigenvalue weighted by atomic mass is 9.90. The van der Waals surface area contributed by atoms with E-state index < -0.39 is 0 Å². The van der Waals surface area contributed by atoms with Gasteiger partial charge in [0, 0.05) is 11.4 Å². The maximum atomic E-state index is 13.5. The first kappa shape index (κ1) is 21.5. The molecule has 0 saturated carbocycles. The number of para-hydroxylation sites is 2. The van der Waals surface area contributed by atoms with Crippen molar-refractivity contribution in [3.8, 4) is 11.5 Å². The third-order valence-electron chi connectivity index (χ3n) is 6.20. The van der Waals surface area contributed by atoms with Crippen molar-refractivity contribution in [1.82, 2.24) is 4.90 Å². The summed E-state index contributed by atoms with van der Waals surface area (Å²) in [4.78, 5) is 30.7. The Morgan fingerprint density at radius 3 is 2.67 bits per heavy atom. The molecule has 0 aliphatic carbocycles. The molecule has 8 heteroatoms. The van der Waals surface area contributed by atoms with Crippen molar-refractivity contribution in [2.45, 2.75) is 12.5 Å². The second-order valence-electron chi connectivity index (χ2n) is 8.09. The number of nitrogens with zero attached hydrogens (tertiary/aromatic N) is 2. The first-order valence-electron chi connectivity index (χ1n) is 10.8. The van der Waals surface area contributed by atoms with Crippen molar-refractivity contribution < 1.29 is 19.1 Å². The molecule has 5 rings (SSSR count). The van der Waals surface area contributed by atoms with Gasteiger partial charge in [0.15, 0.2) is 11.5 Å². The standard InChI is InChI=1S/C25H25N3O4S/c1-31-20-12-16-9-10-27(25(22-8-5-11-33-22)17(16)13-21(20)32-2)15-24(30)28-14-23(29)26-18-6-3-4-7-19(18)28/h3-8,11-13,25H,9-10,14-15H2,1-2H3,(H,26,29)/t25-/m0/s1. The largest absolute Gasteiger partial charge is 0.493 e. The molecule has 2 aliphatic heterocycles. The van der Waals surface area contributed by atoms with E-state index in [9.17, 15) is 9.59 Å². The van der Waals surface area contributed by atoms with Gasteiger partial charge in [0.2, 0.25) is 11.8 Å². The number of carbonyl (C=O) groups is 2. The van der Waals surface area contributed by atoms with Crippen LogP contribution in [-0.4, -0.2) is 50.6 Å². The quantitative estimate of drug-likeness (QED) is 0.625. The van der Waals surface area contributed by atoms with E-state index in [2.05, 4.69) is 21.7 Å². The topological polar surface area (TPSA) is 71.1 Å². The molecule has 0 radical (unpaired) electrons. The average molecular weight is 464 g/mol. The number of nitrogens with one attached hydrogen (secondary N) is 1. The van der Waals surface area contributed by atoms with Crippen LogP contribution in [0.2, 0.25) is 0 Å². The monoisotopic (exact) mass is 463 g/mol. The fourth-order valence-electron chi connectivity index (χ4n) is 4.66. The van der Waals surface area contributed by atoms with Crippen LogP contribution >= 0.6 is 11.3 Å². The van der Waals surface area contributed by atoms with E-state index >= 15 is 0 Å². The summed E-state index contributed by atoms with van der Waals surface area (Å²) < 4.78 is 11.1. The smallest absolute Gasteiger partial charge is 0.244 e. The fraction of sp³-hybridized carbons (Fsp3) is 0.280. The zero-order valence-corrected chi connectivity index (χ0v) is 19.4. The summed E-state index contributed by atoms with van der Waals surface area (Å²) >= 11 is 1.67. The predicted molar refractivity (Wildman–Crippen MR) is 128 cm³/mol. The maximum Gasteiger partial charge on any atom is 0.244 e. The summed E-state index contributed by atoms with van der Waals surface area (Å²) in [6.45, 7) is 0.950. The van der Waals surface area contributed by atoms with Gasteiger partial charge >= 0.3 is 0 Å². The highest BCUT2D eigenvalue weighted by molar-refractivity contribution is 7.10. The molecule has 0 saturated heterocycles. The van der Waals surface area contributed by atoms with Gasteiger partial charge in [0.25, 0.3) is 0 Å². The number of methoxy groups -OCH3 is 2. The summed E-state index contributed by atoms with van der Waals surface area (Å²) in [5.74, 6) is 1.11. The molecule has 3 heterocycles. The van der Waals surface area contributed by atoms with Crippen LogP contribution < -0.4 is 19.7 Å². The molecule has 0 unspecified atom stereocenters. The second-order valence-corrected chi connectivity index (χ2v) is 9.07. The first-order valence-corrected chi connectivity index (χ1v) is 11.7.